The number of nitrogens with zero attached hydrogens (tertiary/aromatic N) is 3. The highest BCUT2D eigenvalue weighted by Gasteiger charge is 2.55. The Morgan fingerprint density at radius 2 is 1.84 bits per heavy atom. The maximum atomic E-state index is 9.59. The zero-order chi connectivity index (χ0) is 13.3. The molecule has 2 aliphatic heterocycles. The molecule has 1 fully saturated rings. The van der Waals surface area contributed by atoms with Gasteiger partial charge in [-0.05, 0) is 11.6 Å². The number of rotatable bonds is 1. The fraction of sp³-hybridized carbons (Fsp3) is 0.200. The molecule has 0 aliphatic carbocycles. The van der Waals surface area contributed by atoms with E-state index in [1.54, 1.807) is 0 Å². The summed E-state index contributed by atoms with van der Waals surface area (Å²) in [6.45, 7) is 0. The maximum absolute atomic E-state index is 9.59. The van der Waals surface area contributed by atoms with Gasteiger partial charge >= 0.3 is 0 Å². The first-order valence-corrected chi connectivity index (χ1v) is 6.09. The van der Waals surface area contributed by atoms with Crippen molar-refractivity contribution in [1.82, 2.24) is 10.4 Å². The minimum Gasteiger partial charge on any atom is -0.305 e. The van der Waals surface area contributed by atoms with E-state index in [0.717, 1.165) is 5.56 Å². The number of allylic oxidation sites excluding steroid dienone is 2. The van der Waals surface area contributed by atoms with Crippen molar-refractivity contribution in [3.63, 3.8) is 0 Å². The summed E-state index contributed by atoms with van der Waals surface area (Å²) >= 11 is 0. The molecule has 1 aromatic carbocycles. The summed E-state index contributed by atoms with van der Waals surface area (Å²) in [5.41, 5.74) is 3.08. The van der Waals surface area contributed by atoms with Crippen molar-refractivity contribution in [2.75, 3.05) is 0 Å². The largest absolute Gasteiger partial charge is 0.305 e. The van der Waals surface area contributed by atoms with Crippen LogP contribution in [0.15, 0.2) is 54.8 Å². The Balaban J connectivity index is 2.11. The monoisotopic (exact) mass is 248 g/mol. The number of hydrogen-bond donors (Lipinski definition) is 1. The molecule has 19 heavy (non-hydrogen) atoms. The minimum absolute atomic E-state index is 0.266. The Bertz CT molecular complexity index is 604. The first-order chi connectivity index (χ1) is 9.31. The Morgan fingerprint density at radius 1 is 1.11 bits per heavy atom. The van der Waals surface area contributed by atoms with E-state index in [4.69, 9.17) is 0 Å². The second kappa shape index (κ2) is 4.28. The molecule has 92 valence electrons. The van der Waals surface area contributed by atoms with Crippen LogP contribution in [-0.4, -0.2) is 11.1 Å². The molecule has 4 nitrogen and oxygen atoms in total. The molecule has 0 saturated carbocycles. The molecular weight excluding hydrogens is 236 g/mol. The van der Waals surface area contributed by atoms with Gasteiger partial charge < -0.3 is 5.01 Å². The topological polar surface area (TPSA) is 62.9 Å². The number of benzene rings is 1. The fourth-order valence-corrected chi connectivity index (χ4v) is 2.68. The van der Waals surface area contributed by atoms with E-state index in [1.807, 2.05) is 59.8 Å². The molecule has 2 heterocycles. The van der Waals surface area contributed by atoms with E-state index in [1.165, 1.54) is 0 Å². The van der Waals surface area contributed by atoms with E-state index >= 15 is 0 Å². The van der Waals surface area contributed by atoms with Crippen molar-refractivity contribution in [1.29, 1.82) is 10.5 Å². The molecule has 0 unspecified atom stereocenters. The highest BCUT2D eigenvalue weighted by atomic mass is 15.6. The standard InChI is InChI=1S/C15H12N4/c16-10-15(11-17)13-8-4-5-9-19(13)18-14(15)12-6-2-1-3-7-12/h1-9,13-14,18H/t13-,14-/m1/s1. The normalized spacial score (nSPS) is 26.5. The molecule has 2 aliphatic rings. The Hall–Kier alpha value is -2.56. The highest BCUT2D eigenvalue weighted by molar-refractivity contribution is 5.39. The van der Waals surface area contributed by atoms with Crippen LogP contribution in [-0.2, 0) is 0 Å². The second-order valence-corrected chi connectivity index (χ2v) is 4.64. The van der Waals surface area contributed by atoms with Gasteiger partial charge in [0.25, 0.3) is 0 Å². The van der Waals surface area contributed by atoms with Crippen LogP contribution in [0.25, 0.3) is 0 Å². The van der Waals surface area contributed by atoms with Gasteiger partial charge in [0.2, 0.25) is 0 Å². The third kappa shape index (κ3) is 1.55. The molecule has 2 atom stereocenters. The van der Waals surface area contributed by atoms with Crippen LogP contribution in [0.2, 0.25) is 0 Å². The molecule has 4 heteroatoms. The summed E-state index contributed by atoms with van der Waals surface area (Å²) in [5, 5.41) is 21.0. The summed E-state index contributed by atoms with van der Waals surface area (Å²) in [6, 6.07) is 13.5. The third-order valence-corrected chi connectivity index (χ3v) is 3.65. The number of fused-ring (bicyclic) bond motifs is 1. The number of nitriles is 2. The molecule has 0 radical (unpaired) electrons. The fourth-order valence-electron chi connectivity index (χ4n) is 2.68. The minimum atomic E-state index is -1.12. The Morgan fingerprint density at radius 3 is 2.53 bits per heavy atom. The predicted molar refractivity (Wildman–Crippen MR) is 69.9 cm³/mol. The van der Waals surface area contributed by atoms with E-state index < -0.39 is 5.41 Å². The highest BCUT2D eigenvalue weighted by Crippen LogP contribution is 2.45. The molecule has 0 amide bonds. The lowest BCUT2D eigenvalue weighted by Gasteiger charge is -2.26. The van der Waals surface area contributed by atoms with Gasteiger partial charge in [-0.2, -0.15) is 10.5 Å². The van der Waals surface area contributed by atoms with E-state index in [-0.39, 0.29) is 12.1 Å². The van der Waals surface area contributed by atoms with Crippen molar-refractivity contribution in [3.05, 3.63) is 60.3 Å². The van der Waals surface area contributed by atoms with E-state index in [2.05, 4.69) is 17.6 Å². The van der Waals surface area contributed by atoms with Crippen molar-refractivity contribution in [2.45, 2.75) is 12.1 Å². The average molecular weight is 248 g/mol. The molecule has 0 spiro atoms. The number of hydrogen-bond acceptors (Lipinski definition) is 4. The van der Waals surface area contributed by atoms with Crippen molar-refractivity contribution in [2.24, 2.45) is 5.41 Å². The smallest absolute Gasteiger partial charge is 0.189 e. The average Bonchev–Trinajstić information content (AvgIpc) is 2.83. The van der Waals surface area contributed by atoms with Gasteiger partial charge in [-0.15, -0.1) is 0 Å². The first kappa shape index (κ1) is 11.5. The van der Waals surface area contributed by atoms with Crippen LogP contribution >= 0.6 is 0 Å². The van der Waals surface area contributed by atoms with Crippen molar-refractivity contribution < 1.29 is 0 Å². The van der Waals surface area contributed by atoms with Crippen LogP contribution in [0.3, 0.4) is 0 Å². The Labute approximate surface area is 111 Å². The molecule has 1 saturated heterocycles. The lowest BCUT2D eigenvalue weighted by Crippen LogP contribution is -2.37. The van der Waals surface area contributed by atoms with Crippen LogP contribution in [0.1, 0.15) is 11.6 Å². The SMILES string of the molecule is N#CC1(C#N)[C@@H](c2ccccc2)NN2C=CC=C[C@@H]21. The molecule has 0 bridgehead atoms. The van der Waals surface area contributed by atoms with Crippen molar-refractivity contribution >= 4 is 0 Å². The molecular formula is C15H12N4. The quantitative estimate of drug-likeness (QED) is 0.826. The van der Waals surface area contributed by atoms with Gasteiger partial charge in [0.15, 0.2) is 5.41 Å². The summed E-state index contributed by atoms with van der Waals surface area (Å²) in [5.74, 6) is 0. The van der Waals surface area contributed by atoms with Crippen LogP contribution < -0.4 is 5.43 Å². The van der Waals surface area contributed by atoms with Gasteiger partial charge in [0.1, 0.15) is 0 Å². The lowest BCUT2D eigenvalue weighted by molar-refractivity contribution is 0.283. The van der Waals surface area contributed by atoms with Gasteiger partial charge in [-0.25, -0.2) is 5.43 Å². The number of nitrogens with one attached hydrogen (secondary N) is 1. The van der Waals surface area contributed by atoms with E-state index in [0.29, 0.717) is 0 Å². The van der Waals surface area contributed by atoms with Gasteiger partial charge in [0.05, 0.1) is 24.2 Å². The molecule has 1 aromatic rings. The Kier molecular flexibility index (Phi) is 2.59. The molecule has 0 aromatic heterocycles. The van der Waals surface area contributed by atoms with Gasteiger partial charge in [-0.3, -0.25) is 0 Å². The van der Waals surface area contributed by atoms with E-state index in [9.17, 15) is 10.5 Å². The molecule has 3 rings (SSSR count). The van der Waals surface area contributed by atoms with Crippen LogP contribution in [0, 0.1) is 28.1 Å². The van der Waals surface area contributed by atoms with Crippen molar-refractivity contribution in [3.8, 4) is 12.1 Å². The predicted octanol–water partition coefficient (Wildman–Crippen LogP) is 2.03. The lowest BCUT2D eigenvalue weighted by atomic mass is 9.75. The summed E-state index contributed by atoms with van der Waals surface area (Å²) in [4.78, 5) is 0. The van der Waals surface area contributed by atoms with Gasteiger partial charge in [-0.1, -0.05) is 42.5 Å². The van der Waals surface area contributed by atoms with Gasteiger partial charge in [0, 0.05) is 6.20 Å². The first-order valence-electron chi connectivity index (χ1n) is 6.09. The number of hydrazine groups is 1. The zero-order valence-corrected chi connectivity index (χ0v) is 10.2. The summed E-state index contributed by atoms with van der Waals surface area (Å²) in [7, 11) is 0. The van der Waals surface area contributed by atoms with Crippen LogP contribution in [0.4, 0.5) is 0 Å². The zero-order valence-electron chi connectivity index (χ0n) is 10.2. The molecule has 1 N–H and O–H groups in total. The van der Waals surface area contributed by atoms with Crippen LogP contribution in [0.5, 0.6) is 0 Å². The maximum Gasteiger partial charge on any atom is 0.189 e. The third-order valence-electron chi connectivity index (χ3n) is 3.65. The second-order valence-electron chi connectivity index (χ2n) is 4.64. The summed E-state index contributed by atoms with van der Waals surface area (Å²) in [6.07, 6.45) is 7.51. The summed E-state index contributed by atoms with van der Waals surface area (Å²) < 4.78 is 0.